The molecule has 0 aliphatic rings. The SMILES string of the molecule is CCCNc1nc(Cl)nc(Nc2ccc(Br)cc2CC)n1. The molecule has 0 saturated heterocycles. The minimum absolute atomic E-state index is 0.168. The zero-order chi connectivity index (χ0) is 15.2. The summed E-state index contributed by atoms with van der Waals surface area (Å²) in [5.74, 6) is 0.917. The first-order valence-corrected chi connectivity index (χ1v) is 8.00. The van der Waals surface area contributed by atoms with Gasteiger partial charge in [-0.2, -0.15) is 15.0 Å². The Balaban J connectivity index is 2.24. The highest BCUT2D eigenvalue weighted by Crippen LogP contribution is 2.24. The van der Waals surface area contributed by atoms with Crippen LogP contribution in [0.2, 0.25) is 5.28 Å². The average molecular weight is 371 g/mol. The van der Waals surface area contributed by atoms with Crippen molar-refractivity contribution in [1.29, 1.82) is 0 Å². The van der Waals surface area contributed by atoms with Crippen LogP contribution >= 0.6 is 27.5 Å². The third-order valence-electron chi connectivity index (χ3n) is 2.84. The van der Waals surface area contributed by atoms with E-state index in [1.165, 1.54) is 5.56 Å². The van der Waals surface area contributed by atoms with Crippen LogP contribution in [0.1, 0.15) is 25.8 Å². The molecular weight excluding hydrogens is 354 g/mol. The number of rotatable bonds is 6. The van der Waals surface area contributed by atoms with Gasteiger partial charge in [0, 0.05) is 16.7 Å². The van der Waals surface area contributed by atoms with Crippen molar-refractivity contribution in [3.8, 4) is 0 Å². The zero-order valence-corrected chi connectivity index (χ0v) is 14.3. The van der Waals surface area contributed by atoms with E-state index in [1.54, 1.807) is 0 Å². The van der Waals surface area contributed by atoms with E-state index in [1.807, 2.05) is 12.1 Å². The standard InChI is InChI=1S/C14H17BrClN5/c1-3-7-17-13-19-12(16)20-14(21-13)18-11-6-5-10(15)8-9(11)4-2/h5-6,8H,3-4,7H2,1-2H3,(H2,17,18,19,20,21). The Hall–Kier alpha value is -1.40. The molecule has 7 heteroatoms. The fourth-order valence-corrected chi connectivity index (χ4v) is 2.39. The van der Waals surface area contributed by atoms with Gasteiger partial charge in [0.25, 0.3) is 0 Å². The Morgan fingerprint density at radius 1 is 1.14 bits per heavy atom. The quantitative estimate of drug-likeness (QED) is 0.788. The Bertz CT molecular complexity index is 620. The largest absolute Gasteiger partial charge is 0.354 e. The van der Waals surface area contributed by atoms with Gasteiger partial charge in [0.2, 0.25) is 17.2 Å². The minimum Gasteiger partial charge on any atom is -0.354 e. The smallest absolute Gasteiger partial charge is 0.233 e. The maximum Gasteiger partial charge on any atom is 0.233 e. The van der Waals surface area contributed by atoms with Crippen molar-refractivity contribution >= 4 is 45.1 Å². The van der Waals surface area contributed by atoms with Crippen LogP contribution in [0.25, 0.3) is 0 Å². The van der Waals surface area contributed by atoms with Crippen LogP contribution in [0, 0.1) is 0 Å². The summed E-state index contributed by atoms with van der Waals surface area (Å²) >= 11 is 9.42. The number of halogens is 2. The maximum absolute atomic E-state index is 5.94. The molecule has 0 unspecified atom stereocenters. The van der Waals surface area contributed by atoms with Gasteiger partial charge < -0.3 is 10.6 Å². The lowest BCUT2D eigenvalue weighted by Crippen LogP contribution is -2.08. The summed E-state index contributed by atoms with van der Waals surface area (Å²) < 4.78 is 1.05. The van der Waals surface area contributed by atoms with E-state index < -0.39 is 0 Å². The number of hydrogen-bond donors (Lipinski definition) is 2. The molecule has 0 atom stereocenters. The average Bonchev–Trinajstić information content (AvgIpc) is 2.46. The monoisotopic (exact) mass is 369 g/mol. The Morgan fingerprint density at radius 3 is 2.62 bits per heavy atom. The third kappa shape index (κ3) is 4.54. The van der Waals surface area contributed by atoms with Crippen molar-refractivity contribution in [2.75, 3.05) is 17.2 Å². The van der Waals surface area contributed by atoms with Crippen LogP contribution in [-0.4, -0.2) is 21.5 Å². The van der Waals surface area contributed by atoms with Crippen molar-refractivity contribution < 1.29 is 0 Å². The van der Waals surface area contributed by atoms with Crippen LogP contribution in [0.15, 0.2) is 22.7 Å². The zero-order valence-electron chi connectivity index (χ0n) is 12.0. The number of nitrogens with zero attached hydrogens (tertiary/aromatic N) is 3. The number of hydrogen-bond acceptors (Lipinski definition) is 5. The van der Waals surface area contributed by atoms with Gasteiger partial charge >= 0.3 is 0 Å². The molecule has 0 aliphatic carbocycles. The van der Waals surface area contributed by atoms with Gasteiger partial charge in [-0.15, -0.1) is 0 Å². The number of aryl methyl sites for hydroxylation is 1. The predicted molar refractivity (Wildman–Crippen MR) is 90.4 cm³/mol. The molecular formula is C14H17BrClN5. The van der Waals surface area contributed by atoms with Crippen molar-refractivity contribution in [2.24, 2.45) is 0 Å². The fourth-order valence-electron chi connectivity index (χ4n) is 1.82. The summed E-state index contributed by atoms with van der Waals surface area (Å²) in [6.07, 6.45) is 1.89. The lowest BCUT2D eigenvalue weighted by atomic mass is 10.1. The molecule has 0 aliphatic heterocycles. The molecule has 112 valence electrons. The molecule has 0 fully saturated rings. The van der Waals surface area contributed by atoms with Gasteiger partial charge in [-0.3, -0.25) is 0 Å². The van der Waals surface area contributed by atoms with Gasteiger partial charge in [-0.1, -0.05) is 29.8 Å². The lowest BCUT2D eigenvalue weighted by Gasteiger charge is -2.11. The molecule has 0 spiro atoms. The number of nitrogens with one attached hydrogen (secondary N) is 2. The Morgan fingerprint density at radius 2 is 1.90 bits per heavy atom. The topological polar surface area (TPSA) is 62.7 Å². The highest BCUT2D eigenvalue weighted by Gasteiger charge is 2.07. The van der Waals surface area contributed by atoms with E-state index in [0.717, 1.165) is 29.5 Å². The summed E-state index contributed by atoms with van der Waals surface area (Å²) in [7, 11) is 0. The van der Waals surface area contributed by atoms with Crippen molar-refractivity contribution in [2.45, 2.75) is 26.7 Å². The molecule has 0 radical (unpaired) electrons. The molecule has 5 nitrogen and oxygen atoms in total. The molecule has 1 aromatic heterocycles. The second kappa shape index (κ2) is 7.56. The predicted octanol–water partition coefficient (Wildman–Crippen LogP) is 4.42. The molecule has 0 bridgehead atoms. The van der Waals surface area contributed by atoms with Crippen LogP contribution < -0.4 is 10.6 Å². The van der Waals surface area contributed by atoms with Gasteiger partial charge in [0.1, 0.15) is 0 Å². The van der Waals surface area contributed by atoms with Gasteiger partial charge in [-0.25, -0.2) is 0 Å². The number of anilines is 3. The molecule has 21 heavy (non-hydrogen) atoms. The first kappa shape index (κ1) is 16.0. The number of benzene rings is 1. The van der Waals surface area contributed by atoms with Gasteiger partial charge in [0.05, 0.1) is 0 Å². The van der Waals surface area contributed by atoms with E-state index in [-0.39, 0.29) is 5.28 Å². The van der Waals surface area contributed by atoms with Crippen LogP contribution in [0.4, 0.5) is 17.6 Å². The summed E-state index contributed by atoms with van der Waals surface area (Å²) in [5.41, 5.74) is 2.13. The summed E-state index contributed by atoms with van der Waals surface area (Å²) in [4.78, 5) is 12.5. The molecule has 0 amide bonds. The van der Waals surface area contributed by atoms with E-state index in [4.69, 9.17) is 11.6 Å². The van der Waals surface area contributed by atoms with Crippen molar-refractivity contribution in [1.82, 2.24) is 15.0 Å². The summed E-state index contributed by atoms with van der Waals surface area (Å²) in [6, 6.07) is 6.03. The summed E-state index contributed by atoms with van der Waals surface area (Å²) in [5, 5.41) is 6.47. The molecule has 2 aromatic rings. The van der Waals surface area contributed by atoms with Crippen molar-refractivity contribution in [3.05, 3.63) is 33.5 Å². The van der Waals surface area contributed by atoms with Crippen LogP contribution in [-0.2, 0) is 6.42 Å². The highest BCUT2D eigenvalue weighted by molar-refractivity contribution is 9.10. The second-order valence-electron chi connectivity index (χ2n) is 4.46. The van der Waals surface area contributed by atoms with E-state index in [2.05, 4.69) is 61.4 Å². The fraction of sp³-hybridized carbons (Fsp3) is 0.357. The first-order valence-electron chi connectivity index (χ1n) is 6.83. The maximum atomic E-state index is 5.94. The lowest BCUT2D eigenvalue weighted by molar-refractivity contribution is 0.940. The van der Waals surface area contributed by atoms with E-state index in [9.17, 15) is 0 Å². The van der Waals surface area contributed by atoms with Crippen LogP contribution in [0.5, 0.6) is 0 Å². The Kier molecular flexibility index (Phi) is 5.76. The van der Waals surface area contributed by atoms with Gasteiger partial charge in [-0.05, 0) is 48.2 Å². The first-order chi connectivity index (χ1) is 10.1. The molecule has 1 heterocycles. The van der Waals surface area contributed by atoms with Crippen LogP contribution in [0.3, 0.4) is 0 Å². The third-order valence-corrected chi connectivity index (χ3v) is 3.50. The second-order valence-corrected chi connectivity index (χ2v) is 5.71. The molecule has 2 N–H and O–H groups in total. The summed E-state index contributed by atoms with van der Waals surface area (Å²) in [6.45, 7) is 4.96. The molecule has 2 rings (SSSR count). The van der Waals surface area contributed by atoms with Gasteiger partial charge in [0.15, 0.2) is 0 Å². The Labute approximate surface area is 137 Å². The highest BCUT2D eigenvalue weighted by atomic mass is 79.9. The number of aromatic nitrogens is 3. The van der Waals surface area contributed by atoms with E-state index >= 15 is 0 Å². The molecule has 1 aromatic carbocycles. The van der Waals surface area contributed by atoms with E-state index in [0.29, 0.717) is 11.9 Å². The minimum atomic E-state index is 0.168. The normalized spacial score (nSPS) is 10.5. The van der Waals surface area contributed by atoms with Crippen molar-refractivity contribution in [3.63, 3.8) is 0 Å². The molecule has 0 saturated carbocycles.